The number of hydrogen-bond donors (Lipinski definition) is 1. The van der Waals surface area contributed by atoms with Crippen molar-refractivity contribution in [3.8, 4) is 17.1 Å². The number of nitrogens with one attached hydrogen (secondary N) is 1. The van der Waals surface area contributed by atoms with Gasteiger partial charge in [-0.2, -0.15) is 0 Å². The number of nitrogens with zero attached hydrogens (tertiary/aromatic N) is 2. The van der Waals surface area contributed by atoms with E-state index in [0.29, 0.717) is 49.0 Å². The van der Waals surface area contributed by atoms with Crippen molar-refractivity contribution in [2.45, 2.75) is 0 Å². The Bertz CT molecular complexity index is 1260. The summed E-state index contributed by atoms with van der Waals surface area (Å²) in [5.74, 6) is -0.687. The number of hydrogen-bond acceptors (Lipinski definition) is 9. The van der Waals surface area contributed by atoms with Gasteiger partial charge in [0, 0.05) is 18.8 Å². The molecule has 0 aliphatic carbocycles. The molecule has 182 valence electrons. The summed E-state index contributed by atoms with van der Waals surface area (Å²) in [7, 11) is 2.70. The number of nitro benzene ring substituents is 1. The molecule has 1 aliphatic rings. The molecular weight excluding hydrogens is 458 g/mol. The molecule has 1 fully saturated rings. The lowest BCUT2D eigenvalue weighted by Crippen LogP contribution is -2.37. The van der Waals surface area contributed by atoms with E-state index in [2.05, 4.69) is 5.32 Å². The Labute approximate surface area is 200 Å². The summed E-state index contributed by atoms with van der Waals surface area (Å²) in [6.07, 6.45) is 0. The fourth-order valence-electron chi connectivity index (χ4n) is 3.76. The predicted molar refractivity (Wildman–Crippen MR) is 126 cm³/mol. The van der Waals surface area contributed by atoms with Gasteiger partial charge in [-0.1, -0.05) is 0 Å². The summed E-state index contributed by atoms with van der Waals surface area (Å²) < 4.78 is 21.0. The Morgan fingerprint density at radius 1 is 1.06 bits per heavy atom. The first-order chi connectivity index (χ1) is 16.9. The zero-order chi connectivity index (χ0) is 24.9. The van der Waals surface area contributed by atoms with E-state index in [1.807, 2.05) is 4.90 Å². The van der Waals surface area contributed by atoms with Crippen molar-refractivity contribution < 1.29 is 33.1 Å². The molecule has 3 aromatic rings. The Morgan fingerprint density at radius 2 is 1.83 bits per heavy atom. The predicted octanol–water partition coefficient (Wildman–Crippen LogP) is 3.74. The molecule has 1 saturated heterocycles. The van der Waals surface area contributed by atoms with Crippen LogP contribution in [0.5, 0.6) is 5.75 Å². The number of esters is 1. The first-order valence-corrected chi connectivity index (χ1v) is 10.7. The second-order valence-corrected chi connectivity index (χ2v) is 7.58. The summed E-state index contributed by atoms with van der Waals surface area (Å²) in [4.78, 5) is 38.2. The van der Waals surface area contributed by atoms with Gasteiger partial charge in [0.05, 0.1) is 55.2 Å². The second kappa shape index (κ2) is 10.3. The maximum atomic E-state index is 12.8. The highest BCUT2D eigenvalue weighted by atomic mass is 16.6. The highest BCUT2D eigenvalue weighted by Crippen LogP contribution is 2.34. The van der Waals surface area contributed by atoms with Crippen molar-refractivity contribution in [1.82, 2.24) is 0 Å². The molecule has 2 aromatic carbocycles. The van der Waals surface area contributed by atoms with Gasteiger partial charge in [0.15, 0.2) is 5.76 Å². The van der Waals surface area contributed by atoms with Crippen LogP contribution in [-0.2, 0) is 9.47 Å². The summed E-state index contributed by atoms with van der Waals surface area (Å²) in [5.41, 5.74) is 1.34. The molecule has 0 spiro atoms. The molecule has 11 nitrogen and oxygen atoms in total. The van der Waals surface area contributed by atoms with Crippen LogP contribution in [0.25, 0.3) is 11.3 Å². The lowest BCUT2D eigenvalue weighted by atomic mass is 10.1. The Morgan fingerprint density at radius 3 is 2.51 bits per heavy atom. The van der Waals surface area contributed by atoms with E-state index in [4.69, 9.17) is 18.6 Å². The molecule has 0 unspecified atom stereocenters. The molecule has 0 bridgehead atoms. The fraction of sp³-hybridized carbons (Fsp3) is 0.250. The van der Waals surface area contributed by atoms with Gasteiger partial charge in [0.1, 0.15) is 11.5 Å². The number of carbonyl (C=O) groups excluding carboxylic acids is 2. The Kier molecular flexibility index (Phi) is 6.97. The van der Waals surface area contributed by atoms with Crippen molar-refractivity contribution >= 4 is 28.9 Å². The van der Waals surface area contributed by atoms with Crippen molar-refractivity contribution in [2.24, 2.45) is 0 Å². The molecule has 0 radical (unpaired) electrons. The summed E-state index contributed by atoms with van der Waals surface area (Å²) >= 11 is 0. The highest BCUT2D eigenvalue weighted by Gasteiger charge is 2.23. The van der Waals surface area contributed by atoms with E-state index in [1.54, 1.807) is 18.2 Å². The van der Waals surface area contributed by atoms with Crippen LogP contribution in [-0.4, -0.2) is 57.3 Å². The van der Waals surface area contributed by atoms with Gasteiger partial charge in [-0.25, -0.2) is 4.79 Å². The average Bonchev–Trinajstić information content (AvgIpc) is 3.38. The molecule has 4 rings (SSSR count). The smallest absolute Gasteiger partial charge is 0.340 e. The third-order valence-electron chi connectivity index (χ3n) is 5.51. The van der Waals surface area contributed by atoms with Crippen LogP contribution in [0.1, 0.15) is 20.9 Å². The Hall–Kier alpha value is -4.38. The molecule has 1 aromatic heterocycles. The molecule has 1 amide bonds. The number of morpholine rings is 1. The van der Waals surface area contributed by atoms with Gasteiger partial charge in [-0.05, 0) is 42.5 Å². The number of rotatable bonds is 7. The normalized spacial score (nSPS) is 13.3. The third-order valence-corrected chi connectivity index (χ3v) is 5.51. The summed E-state index contributed by atoms with van der Waals surface area (Å²) in [5, 5.41) is 14.2. The minimum absolute atomic E-state index is 0.0537. The van der Waals surface area contributed by atoms with Gasteiger partial charge >= 0.3 is 5.97 Å². The lowest BCUT2D eigenvalue weighted by molar-refractivity contribution is -0.384. The topological polar surface area (TPSA) is 133 Å². The molecule has 35 heavy (non-hydrogen) atoms. The number of benzene rings is 2. The van der Waals surface area contributed by atoms with Gasteiger partial charge in [0.25, 0.3) is 11.6 Å². The zero-order valence-corrected chi connectivity index (χ0v) is 19.1. The van der Waals surface area contributed by atoms with Crippen LogP contribution >= 0.6 is 0 Å². The van der Waals surface area contributed by atoms with Crippen LogP contribution in [0.2, 0.25) is 0 Å². The maximum Gasteiger partial charge on any atom is 0.340 e. The molecule has 1 N–H and O–H groups in total. The van der Waals surface area contributed by atoms with Crippen LogP contribution in [0.3, 0.4) is 0 Å². The lowest BCUT2D eigenvalue weighted by Gasteiger charge is -2.30. The van der Waals surface area contributed by atoms with Crippen LogP contribution in [0, 0.1) is 10.1 Å². The van der Waals surface area contributed by atoms with E-state index >= 15 is 0 Å². The van der Waals surface area contributed by atoms with Crippen LogP contribution < -0.4 is 15.0 Å². The maximum absolute atomic E-state index is 12.8. The molecule has 2 heterocycles. The Balaban J connectivity index is 1.57. The van der Waals surface area contributed by atoms with E-state index in [9.17, 15) is 19.7 Å². The number of amides is 1. The van der Waals surface area contributed by atoms with Crippen molar-refractivity contribution in [3.63, 3.8) is 0 Å². The van der Waals surface area contributed by atoms with E-state index in [-0.39, 0.29) is 22.8 Å². The average molecular weight is 481 g/mol. The summed E-state index contributed by atoms with van der Waals surface area (Å²) in [6, 6.07) is 12.2. The number of methoxy groups -OCH3 is 2. The van der Waals surface area contributed by atoms with Gasteiger partial charge < -0.3 is 28.8 Å². The van der Waals surface area contributed by atoms with Gasteiger partial charge in [-0.15, -0.1) is 0 Å². The second-order valence-electron chi connectivity index (χ2n) is 7.58. The molecular formula is C24H23N3O8. The molecule has 0 saturated carbocycles. The molecule has 11 heteroatoms. The number of carbonyl (C=O) groups is 2. The number of nitro groups is 1. The summed E-state index contributed by atoms with van der Waals surface area (Å²) in [6.45, 7) is 2.35. The van der Waals surface area contributed by atoms with Crippen LogP contribution in [0.15, 0.2) is 52.9 Å². The minimum atomic E-state index is -0.581. The SMILES string of the molecule is COC(=O)c1cc(NC(=O)c2ccc(-c3ccc(OC)cc3[N+](=O)[O-])o2)ccc1N1CCOCC1. The van der Waals surface area contributed by atoms with Gasteiger partial charge in [-0.3, -0.25) is 14.9 Å². The standard InChI is InChI=1S/C24H23N3O8/c1-32-16-4-5-17(20(14-16)27(30)31)21-7-8-22(35-21)23(28)25-15-3-6-19(18(13-15)24(29)33-2)26-9-11-34-12-10-26/h3-8,13-14H,9-12H2,1-2H3,(H,25,28). The molecule has 0 atom stereocenters. The first-order valence-electron chi connectivity index (χ1n) is 10.7. The largest absolute Gasteiger partial charge is 0.497 e. The van der Waals surface area contributed by atoms with Crippen LogP contribution in [0.4, 0.5) is 17.1 Å². The molecule has 1 aliphatic heterocycles. The monoisotopic (exact) mass is 481 g/mol. The van der Waals surface area contributed by atoms with Crippen molar-refractivity contribution in [3.05, 3.63) is 70.0 Å². The number of ether oxygens (including phenoxy) is 3. The van der Waals surface area contributed by atoms with Gasteiger partial charge in [0.2, 0.25) is 0 Å². The highest BCUT2D eigenvalue weighted by molar-refractivity contribution is 6.04. The third kappa shape index (κ3) is 5.09. The van der Waals surface area contributed by atoms with Crippen molar-refractivity contribution in [1.29, 1.82) is 0 Å². The van der Waals surface area contributed by atoms with E-state index in [0.717, 1.165) is 0 Å². The minimum Gasteiger partial charge on any atom is -0.497 e. The fourth-order valence-corrected chi connectivity index (χ4v) is 3.76. The number of anilines is 2. The van der Waals surface area contributed by atoms with Crippen molar-refractivity contribution in [2.75, 3.05) is 50.7 Å². The van der Waals surface area contributed by atoms with E-state index < -0.39 is 16.8 Å². The zero-order valence-electron chi connectivity index (χ0n) is 19.1. The van der Waals surface area contributed by atoms with E-state index in [1.165, 1.54) is 44.6 Å². The quantitative estimate of drug-likeness (QED) is 0.304. The first kappa shape index (κ1) is 23.8. The number of furan rings is 1.